The molecule has 0 bridgehead atoms. The van der Waals surface area contributed by atoms with E-state index < -0.39 is 40.7 Å². The molecule has 1 nitrogen and oxygen atoms in total. The van der Waals surface area contributed by atoms with Crippen LogP contribution in [0.25, 0.3) is 0 Å². The van der Waals surface area contributed by atoms with Crippen molar-refractivity contribution in [2.75, 3.05) is 0 Å². The fraction of sp³-hybridized carbons (Fsp3) is 0.500. The normalized spacial score (nSPS) is 13.2. The van der Waals surface area contributed by atoms with Gasteiger partial charge in [0, 0.05) is 11.6 Å². The van der Waals surface area contributed by atoms with Crippen LogP contribution in [0.3, 0.4) is 0 Å². The molecule has 1 unspecified atom stereocenters. The van der Waals surface area contributed by atoms with Crippen molar-refractivity contribution in [3.63, 3.8) is 0 Å². The second-order valence-electron chi connectivity index (χ2n) is 4.09. The third-order valence-electron chi connectivity index (χ3n) is 3.13. The Balaban J connectivity index is 3.41. The Morgan fingerprint density at radius 2 is 1.11 bits per heavy atom. The zero-order valence-corrected chi connectivity index (χ0v) is 10.0. The van der Waals surface area contributed by atoms with Crippen molar-refractivity contribution in [1.29, 1.82) is 0 Å². The predicted molar refractivity (Wildman–Crippen MR) is 57.2 cm³/mol. The molecule has 0 amide bonds. The summed E-state index contributed by atoms with van der Waals surface area (Å²) < 4.78 is 65.9. The third-order valence-corrected chi connectivity index (χ3v) is 3.13. The van der Waals surface area contributed by atoms with Gasteiger partial charge in [-0.1, -0.05) is 26.7 Å². The second kappa shape index (κ2) is 5.65. The molecule has 1 aromatic rings. The van der Waals surface area contributed by atoms with Crippen LogP contribution < -0.4 is 5.73 Å². The standard InChI is InChI=1S/C12H14F5N/c1-3-5(4-2)12(18)6-7(13)9(15)11(17)10(16)8(6)14/h5,12H,3-4,18H2,1-2H3. The molecule has 0 aliphatic rings. The molecular weight excluding hydrogens is 253 g/mol. The molecule has 0 fully saturated rings. The molecule has 1 atom stereocenters. The van der Waals surface area contributed by atoms with Gasteiger partial charge in [0.05, 0.1) is 0 Å². The molecule has 0 heterocycles. The Morgan fingerprint density at radius 3 is 1.44 bits per heavy atom. The fourth-order valence-corrected chi connectivity index (χ4v) is 1.95. The highest BCUT2D eigenvalue weighted by molar-refractivity contribution is 5.27. The summed E-state index contributed by atoms with van der Waals surface area (Å²) in [6, 6.07) is -1.22. The second-order valence-corrected chi connectivity index (χ2v) is 4.09. The van der Waals surface area contributed by atoms with Crippen LogP contribution in [-0.2, 0) is 0 Å². The molecule has 6 heteroatoms. The number of rotatable bonds is 4. The Bertz CT molecular complexity index is 414. The van der Waals surface area contributed by atoms with Gasteiger partial charge in [0.25, 0.3) is 0 Å². The van der Waals surface area contributed by atoms with Gasteiger partial charge in [0.2, 0.25) is 5.82 Å². The molecule has 2 N–H and O–H groups in total. The van der Waals surface area contributed by atoms with Crippen LogP contribution in [0.1, 0.15) is 38.3 Å². The number of nitrogens with two attached hydrogens (primary N) is 1. The number of hydrogen-bond acceptors (Lipinski definition) is 1. The Morgan fingerprint density at radius 1 is 0.778 bits per heavy atom. The highest BCUT2D eigenvalue weighted by atomic mass is 19.2. The van der Waals surface area contributed by atoms with Crippen LogP contribution in [0.4, 0.5) is 22.0 Å². The molecule has 18 heavy (non-hydrogen) atoms. The molecule has 0 aliphatic carbocycles. The SMILES string of the molecule is CCC(CC)C(N)c1c(F)c(F)c(F)c(F)c1F. The quantitative estimate of drug-likeness (QED) is 0.501. The van der Waals surface area contributed by atoms with E-state index in [0.717, 1.165) is 0 Å². The van der Waals surface area contributed by atoms with Crippen LogP contribution in [0.5, 0.6) is 0 Å². The molecule has 0 radical (unpaired) electrons. The first kappa shape index (κ1) is 14.9. The molecule has 1 aromatic carbocycles. The number of halogens is 5. The summed E-state index contributed by atoms with van der Waals surface area (Å²) >= 11 is 0. The van der Waals surface area contributed by atoms with Crippen molar-refractivity contribution in [1.82, 2.24) is 0 Å². The van der Waals surface area contributed by atoms with Crippen LogP contribution in [-0.4, -0.2) is 0 Å². The van der Waals surface area contributed by atoms with E-state index in [4.69, 9.17) is 5.73 Å². The van der Waals surface area contributed by atoms with Crippen LogP contribution in [0.2, 0.25) is 0 Å². The van der Waals surface area contributed by atoms with Crippen molar-refractivity contribution < 1.29 is 22.0 Å². The minimum absolute atomic E-state index is 0.349. The molecule has 0 aliphatic heterocycles. The van der Waals surface area contributed by atoms with Crippen LogP contribution in [0, 0.1) is 35.0 Å². The summed E-state index contributed by atoms with van der Waals surface area (Å²) in [5.74, 6) is -10.1. The first-order valence-corrected chi connectivity index (χ1v) is 5.63. The lowest BCUT2D eigenvalue weighted by Gasteiger charge is -2.22. The average molecular weight is 267 g/mol. The van der Waals surface area contributed by atoms with Crippen molar-refractivity contribution in [3.8, 4) is 0 Å². The Hall–Kier alpha value is -1.17. The largest absolute Gasteiger partial charge is 0.324 e. The van der Waals surface area contributed by atoms with Crippen molar-refractivity contribution in [3.05, 3.63) is 34.6 Å². The zero-order valence-electron chi connectivity index (χ0n) is 10.0. The summed E-state index contributed by atoms with van der Waals surface area (Å²) in [5, 5.41) is 0. The molecule has 0 spiro atoms. The van der Waals surface area contributed by atoms with Gasteiger partial charge >= 0.3 is 0 Å². The van der Waals surface area contributed by atoms with Gasteiger partial charge in [-0.2, -0.15) is 0 Å². The zero-order chi connectivity index (χ0) is 14.0. The van der Waals surface area contributed by atoms with E-state index >= 15 is 0 Å². The average Bonchev–Trinajstić information content (AvgIpc) is 2.36. The molecule has 102 valence electrons. The minimum Gasteiger partial charge on any atom is -0.324 e. The van der Waals surface area contributed by atoms with E-state index in [0.29, 0.717) is 12.8 Å². The van der Waals surface area contributed by atoms with Crippen molar-refractivity contribution >= 4 is 0 Å². The maximum absolute atomic E-state index is 13.5. The first-order valence-electron chi connectivity index (χ1n) is 5.63. The minimum atomic E-state index is -2.16. The lowest BCUT2D eigenvalue weighted by atomic mass is 9.89. The molecular formula is C12H14F5N. The summed E-state index contributed by atoms with van der Waals surface area (Å²) in [4.78, 5) is 0. The van der Waals surface area contributed by atoms with Gasteiger partial charge in [-0.05, 0) is 5.92 Å². The third kappa shape index (κ3) is 2.34. The highest BCUT2D eigenvalue weighted by Crippen LogP contribution is 2.32. The van der Waals surface area contributed by atoms with E-state index in [1.165, 1.54) is 0 Å². The number of benzene rings is 1. The lowest BCUT2D eigenvalue weighted by Crippen LogP contribution is -2.24. The van der Waals surface area contributed by atoms with Crippen molar-refractivity contribution in [2.45, 2.75) is 32.7 Å². The summed E-state index contributed by atoms with van der Waals surface area (Å²) in [7, 11) is 0. The molecule has 0 saturated heterocycles. The summed E-state index contributed by atoms with van der Waals surface area (Å²) in [5.41, 5.74) is 4.68. The highest BCUT2D eigenvalue weighted by Gasteiger charge is 2.31. The monoisotopic (exact) mass is 267 g/mol. The maximum Gasteiger partial charge on any atom is 0.200 e. The molecule has 1 rings (SSSR count). The molecule has 0 saturated carbocycles. The maximum atomic E-state index is 13.5. The van der Waals surface area contributed by atoms with E-state index in [-0.39, 0.29) is 5.92 Å². The smallest absolute Gasteiger partial charge is 0.200 e. The van der Waals surface area contributed by atoms with Gasteiger partial charge in [-0.15, -0.1) is 0 Å². The van der Waals surface area contributed by atoms with E-state index in [9.17, 15) is 22.0 Å². The topological polar surface area (TPSA) is 26.0 Å². The summed E-state index contributed by atoms with van der Waals surface area (Å²) in [6.07, 6.45) is 0.967. The predicted octanol–water partition coefficient (Wildman–Crippen LogP) is 3.82. The first-order chi connectivity index (χ1) is 8.36. The van der Waals surface area contributed by atoms with Crippen molar-refractivity contribution in [2.24, 2.45) is 11.7 Å². The summed E-state index contributed by atoms with van der Waals surface area (Å²) in [6.45, 7) is 3.47. The number of hydrogen-bond donors (Lipinski definition) is 1. The van der Waals surface area contributed by atoms with E-state index in [2.05, 4.69) is 0 Å². The fourth-order valence-electron chi connectivity index (χ4n) is 1.95. The van der Waals surface area contributed by atoms with Crippen LogP contribution in [0.15, 0.2) is 0 Å². The van der Waals surface area contributed by atoms with E-state index in [1.807, 2.05) is 0 Å². The van der Waals surface area contributed by atoms with Gasteiger partial charge in [-0.25, -0.2) is 22.0 Å². The van der Waals surface area contributed by atoms with Gasteiger partial charge in [0.1, 0.15) is 0 Å². The van der Waals surface area contributed by atoms with E-state index in [1.54, 1.807) is 13.8 Å². The van der Waals surface area contributed by atoms with Crippen LogP contribution >= 0.6 is 0 Å². The van der Waals surface area contributed by atoms with Gasteiger partial charge in [-0.3, -0.25) is 0 Å². The lowest BCUT2D eigenvalue weighted by molar-refractivity contribution is 0.335. The van der Waals surface area contributed by atoms with Gasteiger partial charge in [0.15, 0.2) is 23.3 Å². The Labute approximate surface area is 102 Å². The Kier molecular flexibility index (Phi) is 4.67. The molecule has 0 aromatic heterocycles. The van der Waals surface area contributed by atoms with Gasteiger partial charge < -0.3 is 5.73 Å².